The standard InChI is InChI=1S/3C3H10OSi.Ta/c3*1-5(2,3)4;/h3*4H,1-3H3;. The summed E-state index contributed by atoms with van der Waals surface area (Å²) in [5.74, 6) is 0. The van der Waals surface area contributed by atoms with E-state index >= 15 is 0 Å². The van der Waals surface area contributed by atoms with Gasteiger partial charge in [0.05, 0.1) is 0 Å². The summed E-state index contributed by atoms with van der Waals surface area (Å²) >= 11 is 0. The van der Waals surface area contributed by atoms with Crippen molar-refractivity contribution in [3.63, 3.8) is 0 Å². The number of rotatable bonds is 0. The van der Waals surface area contributed by atoms with Crippen LogP contribution in [0.3, 0.4) is 0 Å². The summed E-state index contributed by atoms with van der Waals surface area (Å²) in [5, 5.41) is 0. The topological polar surface area (TPSA) is 60.7 Å². The van der Waals surface area contributed by atoms with Crippen LogP contribution in [-0.4, -0.2) is 39.3 Å². The molecule has 16 heavy (non-hydrogen) atoms. The fourth-order valence-electron chi connectivity index (χ4n) is 0. The van der Waals surface area contributed by atoms with Crippen molar-refractivity contribution >= 4 is 25.0 Å². The molecule has 0 atom stereocenters. The van der Waals surface area contributed by atoms with Gasteiger partial charge in [-0.1, -0.05) is 0 Å². The molecule has 0 aromatic rings. The first kappa shape index (κ1) is 26.0. The van der Waals surface area contributed by atoms with Gasteiger partial charge in [-0.3, -0.25) is 0 Å². The minimum Gasteiger partial charge on any atom is -0.433 e. The van der Waals surface area contributed by atoms with Crippen LogP contribution in [0.15, 0.2) is 0 Å². The van der Waals surface area contributed by atoms with Crippen molar-refractivity contribution in [3.05, 3.63) is 0 Å². The van der Waals surface area contributed by atoms with Gasteiger partial charge in [0.2, 0.25) is 0 Å². The average molecular weight is 452 g/mol. The van der Waals surface area contributed by atoms with Crippen molar-refractivity contribution in [2.75, 3.05) is 0 Å². The zero-order valence-corrected chi connectivity index (χ0v) is 18.5. The van der Waals surface area contributed by atoms with E-state index in [0.29, 0.717) is 0 Å². The minimum absolute atomic E-state index is 0. The molecule has 0 aromatic carbocycles. The quantitative estimate of drug-likeness (QED) is 0.496. The normalized spacial score (nSPS) is 11.2. The molecule has 0 spiro atoms. The molecule has 0 aliphatic carbocycles. The average Bonchev–Trinajstić information content (AvgIpc) is 1.41. The van der Waals surface area contributed by atoms with Crippen molar-refractivity contribution in [2.45, 2.75) is 58.9 Å². The Morgan fingerprint density at radius 3 is 0.438 bits per heavy atom. The summed E-state index contributed by atoms with van der Waals surface area (Å²) in [6.45, 7) is 16.9. The van der Waals surface area contributed by atoms with E-state index < -0.39 is 25.0 Å². The van der Waals surface area contributed by atoms with Gasteiger partial charge in [0, 0.05) is 22.4 Å². The smallest absolute Gasteiger partial charge is 0.179 e. The van der Waals surface area contributed by atoms with Gasteiger partial charge in [-0.15, -0.1) is 0 Å². The largest absolute Gasteiger partial charge is 0.433 e. The fourth-order valence-corrected chi connectivity index (χ4v) is 0. The number of hydrogen-bond acceptors (Lipinski definition) is 3. The van der Waals surface area contributed by atoms with Crippen LogP contribution in [0.1, 0.15) is 0 Å². The van der Waals surface area contributed by atoms with Gasteiger partial charge in [-0.25, -0.2) is 0 Å². The molecule has 7 heteroatoms. The molecule has 3 N–H and O–H groups in total. The second kappa shape index (κ2) is 10.2. The van der Waals surface area contributed by atoms with Crippen LogP contribution >= 0.6 is 0 Å². The second-order valence-corrected chi connectivity index (χ2v) is 19.5. The first-order chi connectivity index (χ1) is 6.00. The summed E-state index contributed by atoms with van der Waals surface area (Å²) in [4.78, 5) is 26.0. The maximum Gasteiger partial charge on any atom is 0.179 e. The van der Waals surface area contributed by atoms with E-state index in [1.807, 2.05) is 58.9 Å². The Labute approximate surface area is 120 Å². The van der Waals surface area contributed by atoms with Gasteiger partial charge >= 0.3 is 0 Å². The first-order valence-corrected chi connectivity index (χ1v) is 15.5. The predicted molar refractivity (Wildman–Crippen MR) is 76.7 cm³/mol. The zero-order valence-electron chi connectivity index (χ0n) is 12.3. The molecule has 0 unspecified atom stereocenters. The van der Waals surface area contributed by atoms with E-state index in [2.05, 4.69) is 0 Å². The third-order valence-corrected chi connectivity index (χ3v) is 0. The maximum absolute atomic E-state index is 8.66. The van der Waals surface area contributed by atoms with E-state index in [1.165, 1.54) is 0 Å². The van der Waals surface area contributed by atoms with Gasteiger partial charge in [0.1, 0.15) is 0 Å². The van der Waals surface area contributed by atoms with Gasteiger partial charge < -0.3 is 14.4 Å². The van der Waals surface area contributed by atoms with Gasteiger partial charge in [0.25, 0.3) is 0 Å². The van der Waals surface area contributed by atoms with E-state index in [0.717, 1.165) is 0 Å². The molecule has 3 nitrogen and oxygen atoms in total. The van der Waals surface area contributed by atoms with E-state index in [4.69, 9.17) is 14.4 Å². The minimum atomic E-state index is -1.61. The summed E-state index contributed by atoms with van der Waals surface area (Å²) in [6.07, 6.45) is 0. The molecular formula is C9H30O3Si3Ta. The molecule has 0 aliphatic heterocycles. The Hall–Kier alpha value is 1.27. The van der Waals surface area contributed by atoms with E-state index in [1.54, 1.807) is 0 Å². The SMILES string of the molecule is C[Si](C)(C)O.C[Si](C)(C)O.C[Si](C)(C)O.[Ta]. The fraction of sp³-hybridized carbons (Fsp3) is 1.00. The van der Waals surface area contributed by atoms with Crippen LogP contribution in [0.4, 0.5) is 0 Å². The molecule has 0 rings (SSSR count). The van der Waals surface area contributed by atoms with E-state index in [9.17, 15) is 0 Å². The van der Waals surface area contributed by atoms with Crippen LogP contribution in [0, 0.1) is 0 Å². The molecule has 0 fully saturated rings. The Balaban J connectivity index is -0.0000000655. The summed E-state index contributed by atoms with van der Waals surface area (Å²) in [6, 6.07) is 0. The van der Waals surface area contributed by atoms with Crippen molar-refractivity contribution in [1.29, 1.82) is 0 Å². The summed E-state index contributed by atoms with van der Waals surface area (Å²) < 4.78 is 0. The second-order valence-electron chi connectivity index (χ2n) is 6.51. The summed E-state index contributed by atoms with van der Waals surface area (Å²) in [7, 11) is -4.83. The molecule has 1 radical (unpaired) electrons. The predicted octanol–water partition coefficient (Wildman–Crippen LogP) is 2.44. The monoisotopic (exact) mass is 451 g/mol. The summed E-state index contributed by atoms with van der Waals surface area (Å²) in [5.41, 5.74) is 0. The molecular weight excluding hydrogens is 421 g/mol. The van der Waals surface area contributed by atoms with Gasteiger partial charge in [-0.2, -0.15) is 0 Å². The third-order valence-electron chi connectivity index (χ3n) is 0. The van der Waals surface area contributed by atoms with Crippen LogP contribution < -0.4 is 0 Å². The maximum atomic E-state index is 8.66. The van der Waals surface area contributed by atoms with Crippen molar-refractivity contribution < 1.29 is 36.8 Å². The number of hydrogen-bond donors (Lipinski definition) is 3. The Morgan fingerprint density at radius 2 is 0.438 bits per heavy atom. The van der Waals surface area contributed by atoms with E-state index in [-0.39, 0.29) is 22.4 Å². The molecule has 0 bridgehead atoms. The third kappa shape index (κ3) is 1930. The van der Waals surface area contributed by atoms with Crippen molar-refractivity contribution in [2.24, 2.45) is 0 Å². The van der Waals surface area contributed by atoms with Crippen LogP contribution in [0.2, 0.25) is 58.9 Å². The molecule has 0 heterocycles. The molecule has 0 saturated carbocycles. The molecule has 0 saturated heterocycles. The Morgan fingerprint density at radius 1 is 0.438 bits per heavy atom. The van der Waals surface area contributed by atoms with Crippen LogP contribution in [0.5, 0.6) is 0 Å². The van der Waals surface area contributed by atoms with Gasteiger partial charge in [0.15, 0.2) is 25.0 Å². The van der Waals surface area contributed by atoms with Crippen LogP contribution in [-0.2, 0) is 22.4 Å². The zero-order chi connectivity index (χ0) is 13.5. The van der Waals surface area contributed by atoms with Gasteiger partial charge in [-0.05, 0) is 58.9 Å². The Kier molecular flexibility index (Phi) is 16.6. The molecule has 0 amide bonds. The molecule has 0 aliphatic rings. The van der Waals surface area contributed by atoms with Crippen molar-refractivity contribution in [1.82, 2.24) is 0 Å². The first-order valence-electron chi connectivity index (χ1n) is 5.17. The molecule has 101 valence electrons. The van der Waals surface area contributed by atoms with Crippen molar-refractivity contribution in [3.8, 4) is 0 Å². The Bertz CT molecular complexity index is 101. The molecule has 0 aromatic heterocycles. The van der Waals surface area contributed by atoms with Crippen LogP contribution in [0.25, 0.3) is 0 Å².